The third kappa shape index (κ3) is 8.75. The molecule has 0 saturated carbocycles. The molecule has 0 aromatic heterocycles. The number of ether oxygens (including phenoxy) is 2. The van der Waals surface area contributed by atoms with Crippen molar-refractivity contribution in [1.29, 1.82) is 0 Å². The molecule has 1 aromatic rings. The number of amides is 2. The van der Waals surface area contributed by atoms with Crippen molar-refractivity contribution in [3.05, 3.63) is 35.4 Å². The van der Waals surface area contributed by atoms with Crippen LogP contribution in [0.2, 0.25) is 0 Å². The molecule has 2 fully saturated rings. The molecule has 3 rings (SSSR count). The Labute approximate surface area is 223 Å². The molecule has 10 heteroatoms. The average molecular weight is 541 g/mol. The van der Waals surface area contributed by atoms with Crippen molar-refractivity contribution in [1.82, 2.24) is 9.80 Å². The Kier molecular flexibility index (Phi) is 9.52. The molecule has 0 bridgehead atoms. The van der Waals surface area contributed by atoms with Gasteiger partial charge in [0.05, 0.1) is 35.8 Å². The molecule has 202 valence electrons. The van der Waals surface area contributed by atoms with Gasteiger partial charge in [0.25, 0.3) is 0 Å². The quantitative estimate of drug-likeness (QED) is 0.556. The van der Waals surface area contributed by atoms with Gasteiger partial charge in [0.1, 0.15) is 11.2 Å². The number of hydrogen-bond donors (Lipinski definition) is 2. The highest BCUT2D eigenvalue weighted by Gasteiger charge is 2.37. The van der Waals surface area contributed by atoms with Gasteiger partial charge in [-0.2, -0.15) is 0 Å². The Hall–Kier alpha value is -1.62. The average Bonchev–Trinajstić information content (AvgIpc) is 3.31. The van der Waals surface area contributed by atoms with Crippen LogP contribution in [0.5, 0.6) is 0 Å². The predicted octanol–water partition coefficient (Wildman–Crippen LogP) is 4.11. The summed E-state index contributed by atoms with van der Waals surface area (Å²) >= 11 is 3.29. The molecule has 2 saturated heterocycles. The third-order valence-electron chi connectivity index (χ3n) is 5.73. The minimum absolute atomic E-state index is 0.0514. The van der Waals surface area contributed by atoms with Crippen LogP contribution in [0.3, 0.4) is 0 Å². The lowest BCUT2D eigenvalue weighted by molar-refractivity contribution is 0.0261. The smallest absolute Gasteiger partial charge is 0.410 e. The molecule has 2 amide bonds. The van der Waals surface area contributed by atoms with E-state index in [1.165, 1.54) is 0 Å². The molecule has 4 atom stereocenters. The van der Waals surface area contributed by atoms with Gasteiger partial charge in [0.2, 0.25) is 0 Å². The minimum atomic E-state index is -0.573. The number of hydrogen-bond acceptors (Lipinski definition) is 8. The fourth-order valence-electron chi connectivity index (χ4n) is 3.93. The lowest BCUT2D eigenvalue weighted by atomic mass is 10.2. The van der Waals surface area contributed by atoms with Crippen molar-refractivity contribution in [2.24, 2.45) is 0 Å². The monoisotopic (exact) mass is 540 g/mol. The Bertz CT molecular complexity index is 826. The van der Waals surface area contributed by atoms with Crippen LogP contribution in [0, 0.1) is 0 Å². The van der Waals surface area contributed by atoms with Crippen molar-refractivity contribution in [2.75, 3.05) is 26.2 Å². The summed E-state index contributed by atoms with van der Waals surface area (Å²) in [5, 5.41) is 20.7. The minimum Gasteiger partial charge on any atom is -0.444 e. The number of nitrogens with zero attached hydrogens (tertiary/aromatic N) is 2. The SMILES string of the molecule is CC(C)(C)OC(=O)N1C[C@@H](O)[C@H](SCc2ccc(CS[C@@H]3CN(C(=O)OC(C)(C)C)C[C@H]3O)cc2)C1. The molecule has 1 aromatic carbocycles. The van der Waals surface area contributed by atoms with Crippen LogP contribution < -0.4 is 0 Å². The fourth-order valence-corrected chi connectivity index (χ4v) is 6.32. The van der Waals surface area contributed by atoms with Crippen molar-refractivity contribution >= 4 is 35.7 Å². The molecular weight excluding hydrogens is 500 g/mol. The number of aliphatic hydroxyl groups excluding tert-OH is 2. The lowest BCUT2D eigenvalue weighted by Crippen LogP contribution is -2.35. The standard InChI is InChI=1S/C26H40N2O6S2/c1-25(2,3)33-23(31)27-11-19(29)21(13-27)35-15-17-7-9-18(10-8-17)16-36-22-14-28(12-20(22)30)24(32)34-26(4,5)6/h7-10,19-22,29-30H,11-16H2,1-6H3/t19-,20-,21-,22-/m1/s1. The van der Waals surface area contributed by atoms with Gasteiger partial charge in [0.15, 0.2) is 0 Å². The Morgan fingerprint density at radius 3 is 1.39 bits per heavy atom. The maximum absolute atomic E-state index is 12.3. The molecule has 0 unspecified atom stereocenters. The zero-order valence-electron chi connectivity index (χ0n) is 22.1. The van der Waals surface area contributed by atoms with E-state index in [0.29, 0.717) is 26.2 Å². The molecule has 0 spiro atoms. The van der Waals surface area contributed by atoms with Gasteiger partial charge >= 0.3 is 12.2 Å². The number of likely N-dealkylation sites (tertiary alicyclic amines) is 2. The first-order valence-corrected chi connectivity index (χ1v) is 14.4. The first kappa shape index (κ1) is 28.9. The molecule has 2 heterocycles. The van der Waals surface area contributed by atoms with Crippen molar-refractivity contribution in [2.45, 2.75) is 87.0 Å². The molecule has 0 radical (unpaired) electrons. The van der Waals surface area contributed by atoms with Gasteiger partial charge in [-0.15, -0.1) is 23.5 Å². The summed E-state index contributed by atoms with van der Waals surface area (Å²) in [5.74, 6) is 1.48. The second kappa shape index (κ2) is 11.8. The maximum Gasteiger partial charge on any atom is 0.410 e. The summed E-state index contributed by atoms with van der Waals surface area (Å²) in [5.41, 5.74) is 1.18. The van der Waals surface area contributed by atoms with Crippen LogP contribution in [-0.4, -0.2) is 92.3 Å². The molecule has 0 aliphatic carbocycles. The zero-order valence-corrected chi connectivity index (χ0v) is 23.7. The largest absolute Gasteiger partial charge is 0.444 e. The van der Waals surface area contributed by atoms with Crippen molar-refractivity contribution in [3.63, 3.8) is 0 Å². The summed E-state index contributed by atoms with van der Waals surface area (Å²) < 4.78 is 10.8. The summed E-state index contributed by atoms with van der Waals surface area (Å²) in [6, 6.07) is 8.31. The van der Waals surface area contributed by atoms with Gasteiger partial charge in [-0.25, -0.2) is 9.59 Å². The Balaban J connectivity index is 1.42. The van der Waals surface area contributed by atoms with E-state index in [2.05, 4.69) is 24.3 Å². The van der Waals surface area contributed by atoms with Gasteiger partial charge in [-0.05, 0) is 52.7 Å². The fraction of sp³-hybridized carbons (Fsp3) is 0.692. The van der Waals surface area contributed by atoms with Gasteiger partial charge in [0, 0.05) is 24.6 Å². The van der Waals surface area contributed by atoms with Crippen LogP contribution >= 0.6 is 23.5 Å². The molecular formula is C26H40N2O6S2. The first-order valence-electron chi connectivity index (χ1n) is 12.3. The zero-order chi connectivity index (χ0) is 26.7. The van der Waals surface area contributed by atoms with E-state index in [4.69, 9.17) is 9.47 Å². The summed E-state index contributed by atoms with van der Waals surface area (Å²) in [4.78, 5) is 27.7. The van der Waals surface area contributed by atoms with E-state index in [0.717, 1.165) is 22.6 Å². The second-order valence-electron chi connectivity index (χ2n) is 11.4. The van der Waals surface area contributed by atoms with E-state index in [-0.39, 0.29) is 22.7 Å². The van der Waals surface area contributed by atoms with E-state index in [9.17, 15) is 19.8 Å². The number of thioether (sulfide) groups is 2. The number of rotatable bonds is 6. The van der Waals surface area contributed by atoms with Gasteiger partial charge < -0.3 is 29.5 Å². The van der Waals surface area contributed by atoms with E-state index in [1.54, 1.807) is 33.3 Å². The summed E-state index contributed by atoms with van der Waals surface area (Å²) in [6.45, 7) is 12.5. The Morgan fingerprint density at radius 1 is 0.750 bits per heavy atom. The molecule has 36 heavy (non-hydrogen) atoms. The normalized spacial score (nSPS) is 24.8. The van der Waals surface area contributed by atoms with Crippen LogP contribution in [0.25, 0.3) is 0 Å². The number of carbonyl (C=O) groups is 2. The predicted molar refractivity (Wildman–Crippen MR) is 144 cm³/mol. The third-order valence-corrected chi connectivity index (χ3v) is 8.51. The van der Waals surface area contributed by atoms with Crippen molar-refractivity contribution < 1.29 is 29.3 Å². The highest BCUT2D eigenvalue weighted by Crippen LogP contribution is 2.30. The number of benzene rings is 1. The number of β-amino-alcohol motifs (C(OH)–C–C–N with tert-alkyl or cyclic N) is 2. The second-order valence-corrected chi connectivity index (χ2v) is 13.9. The number of aliphatic hydroxyl groups is 2. The van der Waals surface area contributed by atoms with Crippen LogP contribution in [0.4, 0.5) is 9.59 Å². The van der Waals surface area contributed by atoms with E-state index in [1.807, 2.05) is 41.5 Å². The van der Waals surface area contributed by atoms with Gasteiger partial charge in [-0.3, -0.25) is 0 Å². The number of carbonyl (C=O) groups excluding carboxylic acids is 2. The van der Waals surface area contributed by atoms with Gasteiger partial charge in [-0.1, -0.05) is 24.3 Å². The van der Waals surface area contributed by atoms with Crippen LogP contribution in [0.1, 0.15) is 52.7 Å². The highest BCUT2D eigenvalue weighted by molar-refractivity contribution is 7.99. The Morgan fingerprint density at radius 2 is 1.08 bits per heavy atom. The van der Waals surface area contributed by atoms with E-state index >= 15 is 0 Å². The summed E-state index contributed by atoms with van der Waals surface area (Å²) in [7, 11) is 0. The summed E-state index contributed by atoms with van der Waals surface area (Å²) in [6.07, 6.45) is -1.91. The molecule has 2 N–H and O–H groups in total. The maximum atomic E-state index is 12.3. The lowest BCUT2D eigenvalue weighted by Gasteiger charge is -2.24. The first-order chi connectivity index (χ1) is 16.7. The topological polar surface area (TPSA) is 99.5 Å². The molecule has 8 nitrogen and oxygen atoms in total. The molecule has 2 aliphatic rings. The van der Waals surface area contributed by atoms with E-state index < -0.39 is 23.4 Å². The molecule has 2 aliphatic heterocycles. The van der Waals surface area contributed by atoms with Crippen molar-refractivity contribution in [3.8, 4) is 0 Å². The highest BCUT2D eigenvalue weighted by atomic mass is 32.2. The van der Waals surface area contributed by atoms with Crippen LogP contribution in [-0.2, 0) is 21.0 Å². The van der Waals surface area contributed by atoms with Crippen LogP contribution in [0.15, 0.2) is 24.3 Å².